The number of carbonyl (C=O) groups is 1. The Hall–Kier alpha value is -6.63. The summed E-state index contributed by atoms with van der Waals surface area (Å²) in [6, 6.07) is 18.7. The minimum atomic E-state index is -0.600. The SMILES string of the molecule is CC(C)(C)OC(=O)N(Cc1cc2c(cn1)OCCO2)C1CCN(CCn2c(=O)ccc3ncccc32)CC1.O=c1ccc2ncccc2n1CCN1CCC(NCc2cc3c(cn2)OCCO3)CC1. The first-order valence-electron chi connectivity index (χ1n) is 24.1. The molecule has 18 heteroatoms. The maximum absolute atomic E-state index is 13.3. The zero-order valence-corrected chi connectivity index (χ0v) is 39.8. The molecule has 364 valence electrons. The Kier molecular flexibility index (Phi) is 15.0. The molecule has 2 fully saturated rings. The van der Waals surface area contributed by atoms with E-state index in [0.717, 1.165) is 116 Å². The van der Waals surface area contributed by atoms with Crippen molar-refractivity contribution in [3.05, 3.63) is 118 Å². The molecule has 0 bridgehead atoms. The van der Waals surface area contributed by atoms with Gasteiger partial charge in [0, 0.05) is 94.6 Å². The standard InChI is InChI=1S/C28H35N5O5.C23H27N5O3/c1-28(2,3)38-27(35)33(19-20-17-24-25(18-30-20)37-16-15-36-24)21-8-11-31(12-9-21)13-14-32-23-5-4-10-29-22(23)6-7-26(32)34;29-23-4-3-19-20(2-1-7-24-19)28(23)11-10-27-8-5-17(6-9-27)25-15-18-14-21-22(16-26-18)31-13-12-30-21/h4-7,10,17-18,21H,8-9,11-16,19H2,1-3H3;1-4,7,14,16-17,25H,5-6,8-13,15H2. The number of hydrogen-bond acceptors (Lipinski definition) is 15. The van der Waals surface area contributed by atoms with E-state index in [2.05, 4.69) is 35.1 Å². The van der Waals surface area contributed by atoms with Gasteiger partial charge in [-0.15, -0.1) is 0 Å². The molecule has 6 aromatic rings. The molecule has 2 saturated heterocycles. The van der Waals surface area contributed by atoms with Gasteiger partial charge in [-0.25, -0.2) is 4.79 Å². The molecule has 1 N–H and O–H groups in total. The average molecular weight is 943 g/mol. The minimum Gasteiger partial charge on any atom is -0.486 e. The fourth-order valence-electron chi connectivity index (χ4n) is 9.26. The lowest BCUT2D eigenvalue weighted by Gasteiger charge is -2.39. The largest absolute Gasteiger partial charge is 0.486 e. The van der Waals surface area contributed by atoms with Crippen LogP contribution in [-0.4, -0.2) is 133 Å². The molecule has 0 spiro atoms. The zero-order chi connectivity index (χ0) is 47.7. The first kappa shape index (κ1) is 47.4. The summed E-state index contributed by atoms with van der Waals surface area (Å²) in [5, 5.41) is 3.62. The maximum atomic E-state index is 13.3. The second-order valence-electron chi connectivity index (χ2n) is 18.8. The molecule has 4 aliphatic heterocycles. The second kappa shape index (κ2) is 21.8. The van der Waals surface area contributed by atoms with Crippen molar-refractivity contribution in [2.45, 2.75) is 90.3 Å². The van der Waals surface area contributed by atoms with Crippen LogP contribution in [0.4, 0.5) is 4.79 Å². The first-order chi connectivity index (χ1) is 33.5. The van der Waals surface area contributed by atoms with Crippen LogP contribution < -0.4 is 35.4 Å². The van der Waals surface area contributed by atoms with Crippen LogP contribution in [0.1, 0.15) is 57.8 Å². The molecule has 4 aliphatic rings. The number of fused-ring (bicyclic) bond motifs is 4. The number of piperidine rings is 2. The minimum absolute atomic E-state index is 0.0144. The summed E-state index contributed by atoms with van der Waals surface area (Å²) in [6.45, 7) is 15.4. The fourth-order valence-corrected chi connectivity index (χ4v) is 9.26. The quantitative estimate of drug-likeness (QED) is 0.167. The van der Waals surface area contributed by atoms with Gasteiger partial charge >= 0.3 is 6.09 Å². The van der Waals surface area contributed by atoms with Gasteiger partial charge in [0.15, 0.2) is 23.0 Å². The number of ether oxygens (including phenoxy) is 5. The Labute approximate surface area is 401 Å². The van der Waals surface area contributed by atoms with Crippen molar-refractivity contribution in [3.63, 3.8) is 0 Å². The highest BCUT2D eigenvalue weighted by molar-refractivity contribution is 5.74. The molecule has 0 aromatic carbocycles. The smallest absolute Gasteiger partial charge is 0.410 e. The van der Waals surface area contributed by atoms with E-state index in [1.165, 1.54) is 0 Å². The van der Waals surface area contributed by atoms with E-state index >= 15 is 0 Å². The number of likely N-dealkylation sites (tertiary alicyclic amines) is 2. The lowest BCUT2D eigenvalue weighted by atomic mass is 10.0. The topological polar surface area (TPSA) is 181 Å². The Morgan fingerprint density at radius 2 is 1.14 bits per heavy atom. The number of nitrogens with zero attached hydrogens (tertiary/aromatic N) is 9. The summed E-state index contributed by atoms with van der Waals surface area (Å²) >= 11 is 0. The van der Waals surface area contributed by atoms with Gasteiger partial charge in [-0.05, 0) is 95.9 Å². The van der Waals surface area contributed by atoms with E-state index in [4.69, 9.17) is 23.7 Å². The molecule has 6 aromatic heterocycles. The van der Waals surface area contributed by atoms with Crippen LogP contribution in [0, 0.1) is 0 Å². The van der Waals surface area contributed by atoms with Gasteiger partial charge in [0.25, 0.3) is 11.1 Å². The predicted octanol–water partition coefficient (Wildman–Crippen LogP) is 5.28. The van der Waals surface area contributed by atoms with Gasteiger partial charge in [0.2, 0.25) is 0 Å². The van der Waals surface area contributed by atoms with Crippen molar-refractivity contribution in [2.24, 2.45) is 0 Å². The Balaban J connectivity index is 0.000000175. The fraction of sp³-hybridized carbons (Fsp3) is 0.471. The number of carbonyl (C=O) groups excluding carboxylic acids is 1. The third-order valence-corrected chi connectivity index (χ3v) is 12.9. The third-order valence-electron chi connectivity index (χ3n) is 12.9. The van der Waals surface area contributed by atoms with E-state index in [9.17, 15) is 14.4 Å². The van der Waals surface area contributed by atoms with Crippen molar-refractivity contribution >= 4 is 28.2 Å². The molecule has 0 atom stereocenters. The molecule has 10 heterocycles. The van der Waals surface area contributed by atoms with Crippen molar-refractivity contribution < 1.29 is 28.5 Å². The van der Waals surface area contributed by atoms with Gasteiger partial charge < -0.3 is 47.9 Å². The van der Waals surface area contributed by atoms with E-state index in [0.29, 0.717) is 63.6 Å². The number of pyridine rings is 6. The van der Waals surface area contributed by atoms with Crippen LogP contribution in [0.25, 0.3) is 22.1 Å². The van der Waals surface area contributed by atoms with E-state index < -0.39 is 5.60 Å². The normalized spacial score (nSPS) is 16.7. The predicted molar refractivity (Wildman–Crippen MR) is 260 cm³/mol. The first-order valence-corrected chi connectivity index (χ1v) is 24.1. The van der Waals surface area contributed by atoms with Gasteiger partial charge in [-0.3, -0.25) is 34.4 Å². The highest BCUT2D eigenvalue weighted by Crippen LogP contribution is 2.32. The maximum Gasteiger partial charge on any atom is 0.410 e. The number of amides is 1. The van der Waals surface area contributed by atoms with Crippen LogP contribution >= 0.6 is 0 Å². The summed E-state index contributed by atoms with van der Waals surface area (Å²) in [4.78, 5) is 62.4. The summed E-state index contributed by atoms with van der Waals surface area (Å²) < 4.78 is 31.9. The molecule has 0 aliphatic carbocycles. The summed E-state index contributed by atoms with van der Waals surface area (Å²) in [6.07, 6.45) is 10.3. The van der Waals surface area contributed by atoms with Crippen molar-refractivity contribution in [3.8, 4) is 23.0 Å². The number of nitrogens with one attached hydrogen (secondary N) is 1. The van der Waals surface area contributed by atoms with E-state index in [-0.39, 0.29) is 23.3 Å². The molecular weight excluding hydrogens is 881 g/mol. The number of aromatic nitrogens is 6. The van der Waals surface area contributed by atoms with Gasteiger partial charge in [-0.2, -0.15) is 0 Å². The van der Waals surface area contributed by atoms with Crippen LogP contribution in [0.2, 0.25) is 0 Å². The molecule has 0 unspecified atom stereocenters. The summed E-state index contributed by atoms with van der Waals surface area (Å²) in [5.74, 6) is 2.79. The highest BCUT2D eigenvalue weighted by Gasteiger charge is 2.32. The molecule has 69 heavy (non-hydrogen) atoms. The Bertz CT molecular complexity index is 2830. The lowest BCUT2D eigenvalue weighted by Crippen LogP contribution is -2.49. The monoisotopic (exact) mass is 942 g/mol. The number of rotatable bonds is 12. The summed E-state index contributed by atoms with van der Waals surface area (Å²) in [7, 11) is 0. The van der Waals surface area contributed by atoms with Crippen LogP contribution in [0.15, 0.2) is 95.0 Å². The molecule has 0 saturated carbocycles. The molecule has 10 rings (SSSR count). The average Bonchev–Trinajstić information content (AvgIpc) is 3.37. The molecular formula is C51H62N10O8. The Morgan fingerprint density at radius 1 is 0.652 bits per heavy atom. The second-order valence-corrected chi connectivity index (χ2v) is 18.8. The Morgan fingerprint density at radius 3 is 1.68 bits per heavy atom. The molecule has 18 nitrogen and oxygen atoms in total. The lowest BCUT2D eigenvalue weighted by molar-refractivity contribution is 0.00529. The molecule has 0 radical (unpaired) electrons. The van der Waals surface area contributed by atoms with E-state index in [1.807, 2.05) is 61.7 Å². The number of hydrogen-bond donors (Lipinski definition) is 1. The van der Waals surface area contributed by atoms with Gasteiger partial charge in [-0.1, -0.05) is 0 Å². The van der Waals surface area contributed by atoms with Crippen molar-refractivity contribution in [2.75, 3.05) is 65.7 Å². The highest BCUT2D eigenvalue weighted by atomic mass is 16.6. The van der Waals surface area contributed by atoms with Gasteiger partial charge in [0.05, 0.1) is 52.4 Å². The van der Waals surface area contributed by atoms with Crippen LogP contribution in [0.5, 0.6) is 23.0 Å². The van der Waals surface area contributed by atoms with Crippen LogP contribution in [-0.2, 0) is 30.9 Å². The third kappa shape index (κ3) is 12.2. The van der Waals surface area contributed by atoms with Crippen molar-refractivity contribution in [1.29, 1.82) is 0 Å². The van der Waals surface area contributed by atoms with E-state index in [1.54, 1.807) is 58.5 Å². The van der Waals surface area contributed by atoms with Crippen molar-refractivity contribution in [1.82, 2.24) is 49.1 Å². The molecule has 1 amide bonds. The zero-order valence-electron chi connectivity index (χ0n) is 39.8. The van der Waals surface area contributed by atoms with Gasteiger partial charge in [0.1, 0.15) is 32.0 Å². The summed E-state index contributed by atoms with van der Waals surface area (Å²) in [5.41, 5.74) is 4.52. The van der Waals surface area contributed by atoms with Crippen LogP contribution in [0.3, 0.4) is 0 Å².